The Hall–Kier alpha value is -0.610. The Labute approximate surface area is 67.1 Å². The van der Waals surface area contributed by atoms with Crippen molar-refractivity contribution in [3.63, 3.8) is 0 Å². The molecular formula is C7H15NO3. The molecule has 1 amide bonds. The summed E-state index contributed by atoms with van der Waals surface area (Å²) < 4.78 is 9.60. The molecule has 0 heterocycles. The summed E-state index contributed by atoms with van der Waals surface area (Å²) in [4.78, 5) is 12.6. The minimum Gasteiger partial charge on any atom is -0.375 e. The van der Waals surface area contributed by atoms with E-state index >= 15 is 0 Å². The van der Waals surface area contributed by atoms with Crippen LogP contribution in [0.25, 0.3) is 0 Å². The molecule has 0 bridgehead atoms. The van der Waals surface area contributed by atoms with Crippen LogP contribution < -0.4 is 0 Å². The van der Waals surface area contributed by atoms with Crippen LogP contribution in [0.2, 0.25) is 0 Å². The molecule has 11 heavy (non-hydrogen) atoms. The highest BCUT2D eigenvalue weighted by Gasteiger charge is 2.13. The highest BCUT2D eigenvalue weighted by atomic mass is 16.5. The number of likely N-dealkylation sites (N-methyl/N-ethyl adjacent to an activating group) is 1. The molecule has 0 saturated heterocycles. The zero-order valence-corrected chi connectivity index (χ0v) is 7.46. The van der Waals surface area contributed by atoms with Gasteiger partial charge in [0.25, 0.3) is 0 Å². The third-order valence-electron chi connectivity index (χ3n) is 1.55. The van der Waals surface area contributed by atoms with Crippen LogP contribution in [0.1, 0.15) is 6.92 Å². The van der Waals surface area contributed by atoms with Crippen LogP contribution >= 0.6 is 0 Å². The molecule has 0 spiro atoms. The first-order valence-electron chi connectivity index (χ1n) is 3.40. The first kappa shape index (κ1) is 10.4. The monoisotopic (exact) mass is 161 g/mol. The Morgan fingerprint density at radius 1 is 1.55 bits per heavy atom. The van der Waals surface area contributed by atoms with Gasteiger partial charge in [-0.3, -0.25) is 4.79 Å². The van der Waals surface area contributed by atoms with Crippen molar-refractivity contribution in [2.75, 3.05) is 27.9 Å². The summed E-state index contributed by atoms with van der Waals surface area (Å²) in [6, 6.07) is 0. The number of amides is 1. The lowest BCUT2D eigenvalue weighted by Crippen LogP contribution is -2.38. The highest BCUT2D eigenvalue weighted by Crippen LogP contribution is 1.95. The standard InChI is InChI=1S/C7H15NO3/c1-6(11-4)8(2)7(9)5-10-3/h6H,5H2,1-4H3. The van der Waals surface area contributed by atoms with Crippen LogP contribution in [-0.2, 0) is 14.3 Å². The molecule has 0 radical (unpaired) electrons. The number of carbonyl (C=O) groups excluding carboxylic acids is 1. The molecular weight excluding hydrogens is 146 g/mol. The summed E-state index contributed by atoms with van der Waals surface area (Å²) in [6.45, 7) is 1.90. The summed E-state index contributed by atoms with van der Waals surface area (Å²) in [5, 5.41) is 0. The van der Waals surface area contributed by atoms with Crippen molar-refractivity contribution in [3.8, 4) is 0 Å². The van der Waals surface area contributed by atoms with E-state index in [1.807, 2.05) is 0 Å². The van der Waals surface area contributed by atoms with Gasteiger partial charge in [0.05, 0.1) is 0 Å². The Balaban J connectivity index is 3.80. The Kier molecular flexibility index (Phi) is 4.81. The molecule has 0 saturated carbocycles. The van der Waals surface area contributed by atoms with Gasteiger partial charge in [-0.2, -0.15) is 0 Å². The van der Waals surface area contributed by atoms with Gasteiger partial charge in [-0.15, -0.1) is 0 Å². The lowest BCUT2D eigenvalue weighted by atomic mass is 10.5. The molecule has 0 aromatic heterocycles. The predicted molar refractivity (Wildman–Crippen MR) is 41.1 cm³/mol. The second-order valence-electron chi connectivity index (χ2n) is 2.27. The van der Waals surface area contributed by atoms with Crippen molar-refractivity contribution in [3.05, 3.63) is 0 Å². The molecule has 1 atom stereocenters. The van der Waals surface area contributed by atoms with Gasteiger partial charge in [0, 0.05) is 21.3 Å². The van der Waals surface area contributed by atoms with Crippen molar-refractivity contribution in [1.29, 1.82) is 0 Å². The first-order chi connectivity index (χ1) is 5.13. The van der Waals surface area contributed by atoms with Crippen LogP contribution in [0, 0.1) is 0 Å². The third-order valence-corrected chi connectivity index (χ3v) is 1.55. The fourth-order valence-corrected chi connectivity index (χ4v) is 0.586. The number of rotatable bonds is 4. The number of ether oxygens (including phenoxy) is 2. The van der Waals surface area contributed by atoms with Crippen molar-refractivity contribution in [2.24, 2.45) is 0 Å². The minimum atomic E-state index is -0.197. The zero-order valence-electron chi connectivity index (χ0n) is 7.46. The number of hydrogen-bond acceptors (Lipinski definition) is 3. The van der Waals surface area contributed by atoms with Gasteiger partial charge in [-0.05, 0) is 6.92 Å². The largest absolute Gasteiger partial charge is 0.375 e. The van der Waals surface area contributed by atoms with E-state index in [9.17, 15) is 4.79 Å². The SMILES string of the molecule is COCC(=O)N(C)C(C)OC. The number of nitrogens with zero attached hydrogens (tertiary/aromatic N) is 1. The molecule has 0 aromatic carbocycles. The van der Waals surface area contributed by atoms with E-state index in [0.717, 1.165) is 0 Å². The average Bonchev–Trinajstić information content (AvgIpc) is 2.02. The average molecular weight is 161 g/mol. The van der Waals surface area contributed by atoms with Gasteiger partial charge < -0.3 is 14.4 Å². The maximum atomic E-state index is 11.1. The van der Waals surface area contributed by atoms with Crippen molar-refractivity contribution >= 4 is 5.91 Å². The smallest absolute Gasteiger partial charge is 0.250 e. The van der Waals surface area contributed by atoms with E-state index in [1.54, 1.807) is 21.1 Å². The summed E-state index contributed by atoms with van der Waals surface area (Å²) in [5.41, 5.74) is 0. The van der Waals surface area contributed by atoms with Gasteiger partial charge in [-0.25, -0.2) is 0 Å². The van der Waals surface area contributed by atoms with Crippen LogP contribution in [0.5, 0.6) is 0 Å². The molecule has 66 valence electrons. The molecule has 0 aliphatic rings. The lowest BCUT2D eigenvalue weighted by molar-refractivity contribution is -0.143. The Bertz CT molecular complexity index is 127. The van der Waals surface area contributed by atoms with Gasteiger partial charge >= 0.3 is 0 Å². The summed E-state index contributed by atoms with van der Waals surface area (Å²) >= 11 is 0. The molecule has 1 unspecified atom stereocenters. The van der Waals surface area contributed by atoms with Crippen molar-refractivity contribution in [2.45, 2.75) is 13.2 Å². The summed E-state index contributed by atoms with van der Waals surface area (Å²) in [5.74, 6) is -0.0816. The van der Waals surface area contributed by atoms with E-state index in [2.05, 4.69) is 4.74 Å². The second-order valence-corrected chi connectivity index (χ2v) is 2.27. The van der Waals surface area contributed by atoms with E-state index in [-0.39, 0.29) is 18.7 Å². The molecule has 4 heteroatoms. The van der Waals surface area contributed by atoms with Crippen LogP contribution in [-0.4, -0.2) is 44.9 Å². The van der Waals surface area contributed by atoms with Crippen LogP contribution in [0.3, 0.4) is 0 Å². The molecule has 0 N–H and O–H groups in total. The van der Waals surface area contributed by atoms with Gasteiger partial charge in [-0.1, -0.05) is 0 Å². The zero-order chi connectivity index (χ0) is 8.85. The number of hydrogen-bond donors (Lipinski definition) is 0. The first-order valence-corrected chi connectivity index (χ1v) is 3.40. The van der Waals surface area contributed by atoms with Gasteiger partial charge in [0.1, 0.15) is 12.8 Å². The lowest BCUT2D eigenvalue weighted by Gasteiger charge is -2.22. The van der Waals surface area contributed by atoms with E-state index in [1.165, 1.54) is 12.0 Å². The van der Waals surface area contributed by atoms with E-state index in [0.29, 0.717) is 0 Å². The molecule has 0 fully saturated rings. The minimum absolute atomic E-state index is 0.0816. The quantitative estimate of drug-likeness (QED) is 0.548. The fourth-order valence-electron chi connectivity index (χ4n) is 0.586. The molecule has 0 aliphatic carbocycles. The summed E-state index contributed by atoms with van der Waals surface area (Å²) in [6.07, 6.45) is -0.197. The Morgan fingerprint density at radius 2 is 2.09 bits per heavy atom. The normalized spacial score (nSPS) is 12.7. The maximum absolute atomic E-state index is 11.1. The molecule has 0 aromatic rings. The van der Waals surface area contributed by atoms with E-state index < -0.39 is 0 Å². The molecule has 4 nitrogen and oxygen atoms in total. The fraction of sp³-hybridized carbons (Fsp3) is 0.857. The summed E-state index contributed by atoms with van der Waals surface area (Å²) in [7, 11) is 4.72. The van der Waals surface area contributed by atoms with Crippen molar-refractivity contribution in [1.82, 2.24) is 4.90 Å². The topological polar surface area (TPSA) is 38.8 Å². The van der Waals surface area contributed by atoms with Crippen LogP contribution in [0.15, 0.2) is 0 Å². The van der Waals surface area contributed by atoms with Crippen molar-refractivity contribution < 1.29 is 14.3 Å². The maximum Gasteiger partial charge on any atom is 0.250 e. The second kappa shape index (κ2) is 5.09. The molecule has 0 aliphatic heterocycles. The van der Waals surface area contributed by atoms with Gasteiger partial charge in [0.2, 0.25) is 5.91 Å². The number of methoxy groups -OCH3 is 2. The third kappa shape index (κ3) is 3.34. The predicted octanol–water partition coefficient (Wildman–Crippen LogP) is 0.0836. The Morgan fingerprint density at radius 3 is 2.45 bits per heavy atom. The van der Waals surface area contributed by atoms with E-state index in [4.69, 9.17) is 4.74 Å². The molecule has 0 rings (SSSR count). The van der Waals surface area contributed by atoms with Gasteiger partial charge in [0.15, 0.2) is 0 Å². The van der Waals surface area contributed by atoms with Crippen LogP contribution in [0.4, 0.5) is 0 Å². The highest BCUT2D eigenvalue weighted by molar-refractivity contribution is 5.77. The number of carbonyl (C=O) groups is 1.